The van der Waals surface area contributed by atoms with E-state index >= 15 is 0 Å². The monoisotopic (exact) mass is 253 g/mol. The third kappa shape index (κ3) is 4.79. The number of rotatable bonds is 8. The van der Waals surface area contributed by atoms with Crippen LogP contribution < -0.4 is 5.32 Å². The maximum Gasteiger partial charge on any atom is 0.229 e. The number of unbranched alkanes of at least 4 members (excludes halogenated alkanes) is 3. The van der Waals surface area contributed by atoms with Crippen molar-refractivity contribution in [1.29, 1.82) is 0 Å². The van der Waals surface area contributed by atoms with E-state index in [1.807, 2.05) is 0 Å². The molecule has 1 aliphatic rings. The highest BCUT2D eigenvalue weighted by Gasteiger charge is 2.32. The van der Waals surface area contributed by atoms with E-state index in [0.717, 1.165) is 19.3 Å². The Morgan fingerprint density at radius 1 is 1.11 bits per heavy atom. The molecule has 18 heavy (non-hydrogen) atoms. The highest BCUT2D eigenvalue weighted by Crippen LogP contribution is 2.30. The van der Waals surface area contributed by atoms with Crippen LogP contribution in [0.2, 0.25) is 0 Å². The van der Waals surface area contributed by atoms with Gasteiger partial charge in [-0.3, -0.25) is 14.9 Å². The van der Waals surface area contributed by atoms with E-state index in [-0.39, 0.29) is 17.7 Å². The number of nitrogens with one attached hydrogen (secondary N) is 1. The lowest BCUT2D eigenvalue weighted by Gasteiger charge is -2.29. The zero-order valence-electron chi connectivity index (χ0n) is 11.8. The number of hydrogen-bond donors (Lipinski definition) is 1. The average Bonchev–Trinajstić information content (AvgIpc) is 2.34. The number of piperidine rings is 1. The van der Waals surface area contributed by atoms with Crippen LogP contribution in [0, 0.1) is 11.8 Å². The van der Waals surface area contributed by atoms with Gasteiger partial charge in [0.05, 0.1) is 0 Å². The summed E-state index contributed by atoms with van der Waals surface area (Å²) < 4.78 is 0. The van der Waals surface area contributed by atoms with Crippen LogP contribution in [-0.2, 0) is 9.59 Å². The molecule has 3 nitrogen and oxygen atoms in total. The molecule has 0 radical (unpaired) electrons. The third-order valence-corrected chi connectivity index (χ3v) is 3.96. The lowest BCUT2D eigenvalue weighted by Crippen LogP contribution is -2.43. The maximum atomic E-state index is 11.9. The summed E-state index contributed by atoms with van der Waals surface area (Å²) in [5.41, 5.74) is 0. The maximum absolute atomic E-state index is 11.9. The van der Waals surface area contributed by atoms with E-state index in [4.69, 9.17) is 0 Å². The Bertz CT molecular complexity index is 276. The summed E-state index contributed by atoms with van der Waals surface area (Å²) in [6.45, 7) is 4.39. The van der Waals surface area contributed by atoms with Gasteiger partial charge in [-0.25, -0.2) is 0 Å². The minimum absolute atomic E-state index is 0.0242. The van der Waals surface area contributed by atoms with Crippen molar-refractivity contribution >= 4 is 11.8 Å². The van der Waals surface area contributed by atoms with E-state index in [2.05, 4.69) is 19.2 Å². The Morgan fingerprint density at radius 3 is 2.39 bits per heavy atom. The van der Waals surface area contributed by atoms with Crippen LogP contribution in [0.3, 0.4) is 0 Å². The first-order valence-electron chi connectivity index (χ1n) is 7.52. The molecular weight excluding hydrogens is 226 g/mol. The van der Waals surface area contributed by atoms with Gasteiger partial charge in [-0.05, 0) is 25.2 Å². The summed E-state index contributed by atoms with van der Waals surface area (Å²) in [5.74, 6) is 0.429. The van der Waals surface area contributed by atoms with Gasteiger partial charge in [-0.2, -0.15) is 0 Å². The second-order valence-electron chi connectivity index (χ2n) is 5.46. The molecule has 1 N–H and O–H groups in total. The zero-order valence-corrected chi connectivity index (χ0v) is 11.8. The Morgan fingerprint density at radius 2 is 1.78 bits per heavy atom. The van der Waals surface area contributed by atoms with Crippen molar-refractivity contribution in [2.45, 2.75) is 71.6 Å². The van der Waals surface area contributed by atoms with E-state index in [1.165, 1.54) is 32.1 Å². The van der Waals surface area contributed by atoms with Gasteiger partial charge in [0, 0.05) is 12.3 Å². The SMILES string of the molecule is CCCCCC(CCCC)C1CCC(=O)NC1=O. The first-order chi connectivity index (χ1) is 8.69. The van der Waals surface area contributed by atoms with Gasteiger partial charge in [-0.15, -0.1) is 0 Å². The number of amides is 2. The van der Waals surface area contributed by atoms with Crippen LogP contribution in [0.1, 0.15) is 71.6 Å². The highest BCUT2D eigenvalue weighted by atomic mass is 16.2. The van der Waals surface area contributed by atoms with Gasteiger partial charge in [0.2, 0.25) is 11.8 Å². The Kier molecular flexibility index (Phi) is 6.99. The van der Waals surface area contributed by atoms with Crippen molar-refractivity contribution in [3.63, 3.8) is 0 Å². The van der Waals surface area contributed by atoms with Crippen molar-refractivity contribution in [2.75, 3.05) is 0 Å². The summed E-state index contributed by atoms with van der Waals surface area (Å²) in [6, 6.07) is 0. The molecule has 2 atom stereocenters. The minimum Gasteiger partial charge on any atom is -0.296 e. The molecule has 0 aromatic heterocycles. The fourth-order valence-electron chi connectivity index (χ4n) is 2.83. The van der Waals surface area contributed by atoms with Gasteiger partial charge < -0.3 is 0 Å². The Balaban J connectivity index is 2.51. The van der Waals surface area contributed by atoms with Crippen LogP contribution in [-0.4, -0.2) is 11.8 Å². The van der Waals surface area contributed by atoms with E-state index in [9.17, 15) is 9.59 Å². The highest BCUT2D eigenvalue weighted by molar-refractivity contribution is 5.98. The molecule has 1 heterocycles. The first kappa shape index (κ1) is 15.2. The largest absolute Gasteiger partial charge is 0.296 e. The van der Waals surface area contributed by atoms with Crippen LogP contribution in [0.4, 0.5) is 0 Å². The Hall–Kier alpha value is -0.860. The summed E-state index contributed by atoms with van der Waals surface area (Å²) in [4.78, 5) is 23.1. The summed E-state index contributed by atoms with van der Waals surface area (Å²) in [7, 11) is 0. The molecule has 0 aliphatic carbocycles. The van der Waals surface area contributed by atoms with Crippen molar-refractivity contribution in [2.24, 2.45) is 11.8 Å². The van der Waals surface area contributed by atoms with Crippen LogP contribution >= 0.6 is 0 Å². The Labute approximate surface area is 111 Å². The molecule has 0 bridgehead atoms. The predicted molar refractivity (Wildman–Crippen MR) is 73.0 cm³/mol. The molecule has 1 aliphatic heterocycles. The third-order valence-electron chi connectivity index (χ3n) is 3.96. The number of carbonyl (C=O) groups excluding carboxylic acids is 2. The number of carbonyl (C=O) groups is 2. The van der Waals surface area contributed by atoms with Crippen LogP contribution in [0.25, 0.3) is 0 Å². The summed E-state index contributed by atoms with van der Waals surface area (Å²) in [5, 5.41) is 2.50. The molecule has 104 valence electrons. The van der Waals surface area contributed by atoms with Gasteiger partial charge in [0.1, 0.15) is 0 Å². The number of imide groups is 1. The van der Waals surface area contributed by atoms with Crippen molar-refractivity contribution in [3.05, 3.63) is 0 Å². The van der Waals surface area contributed by atoms with Crippen LogP contribution in [0.5, 0.6) is 0 Å². The first-order valence-corrected chi connectivity index (χ1v) is 7.52. The number of hydrogen-bond acceptors (Lipinski definition) is 2. The van der Waals surface area contributed by atoms with Crippen molar-refractivity contribution in [1.82, 2.24) is 5.32 Å². The molecule has 1 rings (SSSR count). The summed E-state index contributed by atoms with van der Waals surface area (Å²) >= 11 is 0. The van der Waals surface area contributed by atoms with Gasteiger partial charge in [-0.1, -0.05) is 46.0 Å². The molecule has 0 aromatic rings. The molecular formula is C15H27NO2. The van der Waals surface area contributed by atoms with Gasteiger partial charge >= 0.3 is 0 Å². The van der Waals surface area contributed by atoms with Gasteiger partial charge in [0.25, 0.3) is 0 Å². The molecule has 3 heteroatoms. The predicted octanol–water partition coefficient (Wildman–Crippen LogP) is 3.43. The van der Waals surface area contributed by atoms with Crippen molar-refractivity contribution < 1.29 is 9.59 Å². The lowest BCUT2D eigenvalue weighted by molar-refractivity contribution is -0.138. The van der Waals surface area contributed by atoms with E-state index < -0.39 is 0 Å². The molecule has 0 aromatic carbocycles. The fourth-order valence-corrected chi connectivity index (χ4v) is 2.83. The normalized spacial score (nSPS) is 21.8. The molecule has 0 spiro atoms. The lowest BCUT2D eigenvalue weighted by atomic mass is 9.79. The van der Waals surface area contributed by atoms with Gasteiger partial charge in [0.15, 0.2) is 0 Å². The standard InChI is InChI=1S/C15H27NO2/c1-3-5-7-9-12(8-6-4-2)13-10-11-14(17)16-15(13)18/h12-13H,3-11H2,1-2H3,(H,16,17,18). The summed E-state index contributed by atoms with van der Waals surface area (Å²) in [6.07, 6.45) is 9.59. The molecule has 2 unspecified atom stereocenters. The minimum atomic E-state index is -0.0981. The zero-order chi connectivity index (χ0) is 13.4. The van der Waals surface area contributed by atoms with Crippen molar-refractivity contribution in [3.8, 4) is 0 Å². The molecule has 2 amide bonds. The molecule has 1 fully saturated rings. The van der Waals surface area contributed by atoms with Crippen LogP contribution in [0.15, 0.2) is 0 Å². The smallest absolute Gasteiger partial charge is 0.229 e. The van der Waals surface area contributed by atoms with E-state index in [1.54, 1.807) is 0 Å². The quantitative estimate of drug-likeness (QED) is 0.532. The average molecular weight is 253 g/mol. The topological polar surface area (TPSA) is 46.2 Å². The molecule has 0 saturated carbocycles. The second-order valence-corrected chi connectivity index (χ2v) is 5.46. The fraction of sp³-hybridized carbons (Fsp3) is 0.867. The molecule has 1 saturated heterocycles. The van der Waals surface area contributed by atoms with E-state index in [0.29, 0.717) is 12.3 Å². The second kappa shape index (κ2) is 8.28.